The van der Waals surface area contributed by atoms with Gasteiger partial charge in [0.15, 0.2) is 0 Å². The SMILES string of the molecule is C=Cc1cc(S(=O)(=O)N(Cc2ccc(OC)cc2OC)c2ncns2)c(F)cc1F. The molecule has 0 atom stereocenters. The predicted molar refractivity (Wildman–Crippen MR) is 109 cm³/mol. The fourth-order valence-electron chi connectivity index (χ4n) is 2.69. The minimum absolute atomic E-state index is 0.0109. The van der Waals surface area contributed by atoms with Crippen molar-refractivity contribution in [2.45, 2.75) is 11.4 Å². The highest BCUT2D eigenvalue weighted by Gasteiger charge is 2.32. The zero-order chi connectivity index (χ0) is 21.9. The zero-order valence-electron chi connectivity index (χ0n) is 16.0. The molecule has 0 radical (unpaired) electrons. The summed E-state index contributed by atoms with van der Waals surface area (Å²) in [4.78, 5) is 3.25. The third kappa shape index (κ3) is 4.12. The summed E-state index contributed by atoms with van der Waals surface area (Å²) in [7, 11) is -1.56. The van der Waals surface area contributed by atoms with Crippen molar-refractivity contribution in [2.75, 3.05) is 18.5 Å². The van der Waals surface area contributed by atoms with Gasteiger partial charge in [-0.25, -0.2) is 26.5 Å². The summed E-state index contributed by atoms with van der Waals surface area (Å²) >= 11 is 0.815. The summed E-state index contributed by atoms with van der Waals surface area (Å²) in [6.45, 7) is 3.20. The van der Waals surface area contributed by atoms with Crippen molar-refractivity contribution in [1.82, 2.24) is 9.36 Å². The van der Waals surface area contributed by atoms with Crippen LogP contribution in [-0.4, -0.2) is 32.0 Å². The Labute approximate surface area is 176 Å². The van der Waals surface area contributed by atoms with Gasteiger partial charge in [0.2, 0.25) is 5.13 Å². The fourth-order valence-corrected chi connectivity index (χ4v) is 4.90. The smallest absolute Gasteiger partial charge is 0.269 e. The van der Waals surface area contributed by atoms with E-state index in [0.29, 0.717) is 23.1 Å². The van der Waals surface area contributed by atoms with Crippen LogP contribution in [0.3, 0.4) is 0 Å². The number of benzene rings is 2. The average Bonchev–Trinajstić information content (AvgIpc) is 3.26. The van der Waals surface area contributed by atoms with E-state index in [9.17, 15) is 17.2 Å². The minimum Gasteiger partial charge on any atom is -0.497 e. The van der Waals surface area contributed by atoms with Gasteiger partial charge in [0.25, 0.3) is 10.0 Å². The standard InChI is InChI=1S/C19H17F2N3O4S2/c1-4-12-7-18(16(21)9-15(12)20)30(25,26)24(19-22-11-23-29-19)10-13-5-6-14(27-2)8-17(13)28-3/h4-9,11H,1,10H2,2-3H3. The molecule has 1 heterocycles. The summed E-state index contributed by atoms with van der Waals surface area (Å²) in [5.74, 6) is -1.26. The van der Waals surface area contributed by atoms with Crippen LogP contribution in [0.1, 0.15) is 11.1 Å². The molecular weight excluding hydrogens is 436 g/mol. The van der Waals surface area contributed by atoms with Crippen molar-refractivity contribution in [3.8, 4) is 11.5 Å². The van der Waals surface area contributed by atoms with E-state index in [1.165, 1.54) is 20.5 Å². The summed E-state index contributed by atoms with van der Waals surface area (Å²) < 4.78 is 70.3. The van der Waals surface area contributed by atoms with Crippen LogP contribution in [0.5, 0.6) is 11.5 Å². The van der Waals surface area contributed by atoms with Gasteiger partial charge in [-0.3, -0.25) is 0 Å². The first-order chi connectivity index (χ1) is 14.3. The molecule has 0 bridgehead atoms. The number of ether oxygens (including phenoxy) is 2. The molecule has 0 aliphatic rings. The molecule has 0 N–H and O–H groups in total. The Kier molecular flexibility index (Phi) is 6.32. The fraction of sp³-hybridized carbons (Fsp3) is 0.158. The summed E-state index contributed by atoms with van der Waals surface area (Å²) in [5.41, 5.74) is 0.331. The second-order valence-electron chi connectivity index (χ2n) is 5.92. The Morgan fingerprint density at radius 3 is 2.53 bits per heavy atom. The van der Waals surface area contributed by atoms with E-state index in [2.05, 4.69) is 15.9 Å². The van der Waals surface area contributed by atoms with Crippen molar-refractivity contribution in [1.29, 1.82) is 0 Å². The number of hydrogen-bond acceptors (Lipinski definition) is 7. The van der Waals surface area contributed by atoms with Crippen LogP contribution in [0.2, 0.25) is 0 Å². The van der Waals surface area contributed by atoms with E-state index in [0.717, 1.165) is 28.0 Å². The molecule has 2 aromatic carbocycles. The maximum absolute atomic E-state index is 14.5. The van der Waals surface area contributed by atoms with Crippen molar-refractivity contribution in [3.05, 3.63) is 66.0 Å². The molecule has 0 aliphatic carbocycles. The normalized spacial score (nSPS) is 11.2. The number of halogens is 2. The first-order valence-electron chi connectivity index (χ1n) is 8.43. The number of nitrogens with zero attached hydrogens (tertiary/aromatic N) is 3. The molecule has 1 aromatic heterocycles. The maximum Gasteiger partial charge on any atom is 0.269 e. The van der Waals surface area contributed by atoms with Gasteiger partial charge in [-0.1, -0.05) is 12.7 Å². The van der Waals surface area contributed by atoms with Gasteiger partial charge in [0, 0.05) is 34.8 Å². The molecule has 7 nitrogen and oxygen atoms in total. The Morgan fingerprint density at radius 2 is 1.93 bits per heavy atom. The average molecular weight is 453 g/mol. The Balaban J connectivity index is 2.13. The topological polar surface area (TPSA) is 81.6 Å². The lowest BCUT2D eigenvalue weighted by Crippen LogP contribution is -2.31. The molecular formula is C19H17F2N3O4S2. The van der Waals surface area contributed by atoms with E-state index < -0.39 is 26.6 Å². The molecule has 158 valence electrons. The number of sulfonamides is 1. The second-order valence-corrected chi connectivity index (χ2v) is 8.51. The van der Waals surface area contributed by atoms with Crippen LogP contribution < -0.4 is 13.8 Å². The lowest BCUT2D eigenvalue weighted by Gasteiger charge is -2.23. The highest BCUT2D eigenvalue weighted by Crippen LogP contribution is 2.32. The lowest BCUT2D eigenvalue weighted by molar-refractivity contribution is 0.391. The molecule has 11 heteroatoms. The van der Waals surface area contributed by atoms with Crippen LogP contribution in [0, 0.1) is 11.6 Å². The molecule has 0 saturated carbocycles. The number of hydrogen-bond donors (Lipinski definition) is 0. The molecule has 3 aromatic rings. The van der Waals surface area contributed by atoms with Crippen molar-refractivity contribution < 1.29 is 26.7 Å². The largest absolute Gasteiger partial charge is 0.497 e. The lowest BCUT2D eigenvalue weighted by atomic mass is 10.2. The third-order valence-corrected chi connectivity index (χ3v) is 6.77. The zero-order valence-corrected chi connectivity index (χ0v) is 17.6. The van der Waals surface area contributed by atoms with Gasteiger partial charge in [0.05, 0.1) is 20.8 Å². The Hall–Kier alpha value is -3.05. The molecule has 30 heavy (non-hydrogen) atoms. The van der Waals surface area contributed by atoms with Crippen LogP contribution in [0.25, 0.3) is 6.08 Å². The second kappa shape index (κ2) is 8.76. The van der Waals surface area contributed by atoms with Crippen LogP contribution in [0.4, 0.5) is 13.9 Å². The number of anilines is 1. The molecule has 0 spiro atoms. The number of aromatic nitrogens is 2. The molecule has 0 amide bonds. The van der Waals surface area contributed by atoms with E-state index in [4.69, 9.17) is 9.47 Å². The van der Waals surface area contributed by atoms with Crippen LogP contribution in [0.15, 0.2) is 48.1 Å². The number of rotatable bonds is 8. The molecule has 3 rings (SSSR count). The van der Waals surface area contributed by atoms with Gasteiger partial charge in [-0.2, -0.15) is 4.37 Å². The van der Waals surface area contributed by atoms with Gasteiger partial charge >= 0.3 is 0 Å². The van der Waals surface area contributed by atoms with Crippen molar-refractivity contribution in [2.24, 2.45) is 0 Å². The molecule has 0 saturated heterocycles. The Morgan fingerprint density at radius 1 is 1.17 bits per heavy atom. The molecule has 0 aliphatic heterocycles. The minimum atomic E-state index is -4.48. The molecule has 0 fully saturated rings. The quantitative estimate of drug-likeness (QED) is 0.515. The van der Waals surface area contributed by atoms with E-state index in [1.807, 2.05) is 0 Å². The summed E-state index contributed by atoms with van der Waals surface area (Å²) in [6, 6.07) is 6.26. The summed E-state index contributed by atoms with van der Waals surface area (Å²) in [5, 5.41) is 0.0109. The van der Waals surface area contributed by atoms with Crippen LogP contribution in [-0.2, 0) is 16.6 Å². The first kappa shape index (κ1) is 21.7. The highest BCUT2D eigenvalue weighted by atomic mass is 32.2. The van der Waals surface area contributed by atoms with Gasteiger partial charge in [-0.05, 0) is 18.2 Å². The predicted octanol–water partition coefficient (Wildman–Crippen LogP) is 3.87. The van der Waals surface area contributed by atoms with E-state index in [1.54, 1.807) is 18.2 Å². The van der Waals surface area contributed by atoms with Gasteiger partial charge in [0.1, 0.15) is 34.4 Å². The summed E-state index contributed by atoms with van der Waals surface area (Å²) in [6.07, 6.45) is 2.29. The third-order valence-electron chi connectivity index (χ3n) is 4.21. The Bertz CT molecular complexity index is 1170. The maximum atomic E-state index is 14.5. The van der Waals surface area contributed by atoms with E-state index >= 15 is 0 Å². The highest BCUT2D eigenvalue weighted by molar-refractivity contribution is 7.93. The monoisotopic (exact) mass is 453 g/mol. The number of methoxy groups -OCH3 is 2. The van der Waals surface area contributed by atoms with Gasteiger partial charge < -0.3 is 9.47 Å². The molecule has 0 unspecified atom stereocenters. The van der Waals surface area contributed by atoms with Crippen molar-refractivity contribution in [3.63, 3.8) is 0 Å². The first-order valence-corrected chi connectivity index (χ1v) is 10.6. The van der Waals surface area contributed by atoms with E-state index in [-0.39, 0.29) is 17.2 Å². The van der Waals surface area contributed by atoms with Crippen LogP contribution >= 0.6 is 11.5 Å². The van der Waals surface area contributed by atoms with Crippen molar-refractivity contribution >= 4 is 32.8 Å². The van der Waals surface area contributed by atoms with Gasteiger partial charge in [-0.15, -0.1) is 0 Å².